The second kappa shape index (κ2) is 7.23. The molecule has 0 aromatic heterocycles. The van der Waals surface area contributed by atoms with Gasteiger partial charge < -0.3 is 10.6 Å². The van der Waals surface area contributed by atoms with Gasteiger partial charge in [-0.3, -0.25) is 9.59 Å². The predicted octanol–water partition coefficient (Wildman–Crippen LogP) is 2.83. The summed E-state index contributed by atoms with van der Waals surface area (Å²) in [7, 11) is 0. The molecule has 26 heavy (non-hydrogen) atoms. The number of amides is 4. The van der Waals surface area contributed by atoms with Crippen molar-refractivity contribution in [2.75, 3.05) is 11.9 Å². The second-order valence-electron chi connectivity index (χ2n) is 6.15. The fraction of sp³-hybridized carbons (Fsp3) is 0.150. The van der Waals surface area contributed by atoms with Gasteiger partial charge in [-0.15, -0.1) is 0 Å². The predicted molar refractivity (Wildman–Crippen MR) is 99.2 cm³/mol. The molecule has 132 valence electrons. The number of carbonyl (C=O) groups is 3. The van der Waals surface area contributed by atoms with Crippen LogP contribution in [-0.2, 0) is 9.59 Å². The first-order chi connectivity index (χ1) is 12.4. The molecule has 4 amide bonds. The third-order valence-corrected chi connectivity index (χ3v) is 4.09. The number of rotatable bonds is 4. The van der Waals surface area contributed by atoms with Crippen molar-refractivity contribution < 1.29 is 14.4 Å². The fourth-order valence-corrected chi connectivity index (χ4v) is 2.60. The van der Waals surface area contributed by atoms with E-state index in [1.165, 1.54) is 0 Å². The van der Waals surface area contributed by atoms with Crippen molar-refractivity contribution in [2.24, 2.45) is 0 Å². The Balaban J connectivity index is 1.70. The number of aryl methyl sites for hydroxylation is 2. The highest BCUT2D eigenvalue weighted by Gasteiger charge is 2.34. The highest BCUT2D eigenvalue weighted by Crippen LogP contribution is 2.17. The molecule has 1 heterocycles. The number of nitrogens with zero attached hydrogens (tertiary/aromatic N) is 1. The van der Waals surface area contributed by atoms with Crippen LogP contribution >= 0.6 is 0 Å². The van der Waals surface area contributed by atoms with Crippen LogP contribution in [0.3, 0.4) is 0 Å². The lowest BCUT2D eigenvalue weighted by Crippen LogP contribution is -2.38. The van der Waals surface area contributed by atoms with Crippen molar-refractivity contribution in [3.05, 3.63) is 70.9 Å². The van der Waals surface area contributed by atoms with Gasteiger partial charge in [0.05, 0.1) is 0 Å². The molecule has 0 spiro atoms. The Bertz CT molecular complexity index is 901. The summed E-state index contributed by atoms with van der Waals surface area (Å²) in [5.74, 6) is -0.952. The van der Waals surface area contributed by atoms with Crippen LogP contribution in [0.15, 0.2) is 54.2 Å². The lowest BCUT2D eigenvalue weighted by molar-refractivity contribution is -0.127. The molecule has 0 unspecified atom stereocenters. The summed E-state index contributed by atoms with van der Waals surface area (Å²) in [6, 6.07) is 14.2. The van der Waals surface area contributed by atoms with Crippen LogP contribution < -0.4 is 10.6 Å². The SMILES string of the molecule is Cc1ccc(NC(=O)CN2C(=O)N/C(=C/c3ccccc3C)C2=O)cc1. The number of benzene rings is 2. The molecule has 0 bridgehead atoms. The summed E-state index contributed by atoms with van der Waals surface area (Å²) < 4.78 is 0. The third-order valence-electron chi connectivity index (χ3n) is 4.09. The van der Waals surface area contributed by atoms with Gasteiger partial charge in [0.1, 0.15) is 12.2 Å². The topological polar surface area (TPSA) is 78.5 Å². The molecular formula is C20H19N3O3. The van der Waals surface area contributed by atoms with Gasteiger partial charge >= 0.3 is 6.03 Å². The zero-order chi connectivity index (χ0) is 18.7. The Morgan fingerprint density at radius 2 is 1.77 bits per heavy atom. The van der Waals surface area contributed by atoms with Crippen molar-refractivity contribution in [1.29, 1.82) is 0 Å². The van der Waals surface area contributed by atoms with Gasteiger partial charge in [0, 0.05) is 5.69 Å². The minimum absolute atomic E-state index is 0.160. The number of anilines is 1. The Morgan fingerprint density at radius 1 is 1.08 bits per heavy atom. The molecule has 2 aromatic carbocycles. The minimum Gasteiger partial charge on any atom is -0.325 e. The monoisotopic (exact) mass is 349 g/mol. The van der Waals surface area contributed by atoms with Crippen LogP contribution in [0.25, 0.3) is 6.08 Å². The summed E-state index contributed by atoms with van der Waals surface area (Å²) in [6.45, 7) is 3.52. The molecule has 0 atom stereocenters. The van der Waals surface area contributed by atoms with E-state index in [4.69, 9.17) is 0 Å². The van der Waals surface area contributed by atoms with E-state index in [2.05, 4.69) is 10.6 Å². The molecule has 1 fully saturated rings. The van der Waals surface area contributed by atoms with E-state index >= 15 is 0 Å². The maximum Gasteiger partial charge on any atom is 0.329 e. The average Bonchev–Trinajstić information content (AvgIpc) is 2.86. The van der Waals surface area contributed by atoms with Gasteiger partial charge in [-0.05, 0) is 43.2 Å². The van der Waals surface area contributed by atoms with Crippen LogP contribution in [0.4, 0.5) is 10.5 Å². The maximum absolute atomic E-state index is 12.5. The summed E-state index contributed by atoms with van der Waals surface area (Å²) in [6.07, 6.45) is 1.62. The quantitative estimate of drug-likeness (QED) is 0.658. The molecule has 2 N–H and O–H groups in total. The van der Waals surface area contributed by atoms with E-state index in [1.807, 2.05) is 50.2 Å². The van der Waals surface area contributed by atoms with Gasteiger partial charge in [0.2, 0.25) is 5.91 Å². The number of hydrogen-bond donors (Lipinski definition) is 2. The second-order valence-corrected chi connectivity index (χ2v) is 6.15. The first-order valence-electron chi connectivity index (χ1n) is 8.21. The molecule has 6 heteroatoms. The molecule has 1 aliphatic rings. The summed E-state index contributed by atoms with van der Waals surface area (Å²) in [5, 5.41) is 5.20. The number of hydrogen-bond acceptors (Lipinski definition) is 3. The smallest absolute Gasteiger partial charge is 0.325 e. The highest BCUT2D eigenvalue weighted by atomic mass is 16.2. The molecule has 0 saturated carbocycles. The normalized spacial score (nSPS) is 15.3. The molecule has 6 nitrogen and oxygen atoms in total. The molecule has 1 aliphatic heterocycles. The Kier molecular flexibility index (Phi) is 4.84. The fourth-order valence-electron chi connectivity index (χ4n) is 2.60. The van der Waals surface area contributed by atoms with Crippen LogP contribution in [0.2, 0.25) is 0 Å². The average molecular weight is 349 g/mol. The maximum atomic E-state index is 12.5. The van der Waals surface area contributed by atoms with Crippen molar-refractivity contribution in [3.8, 4) is 0 Å². The number of carbonyl (C=O) groups excluding carboxylic acids is 3. The van der Waals surface area contributed by atoms with Gasteiger partial charge in [-0.1, -0.05) is 42.0 Å². The van der Waals surface area contributed by atoms with Gasteiger partial charge in [-0.2, -0.15) is 0 Å². The van der Waals surface area contributed by atoms with E-state index in [0.717, 1.165) is 21.6 Å². The van der Waals surface area contributed by atoms with Gasteiger partial charge in [0.15, 0.2) is 0 Å². The molecule has 0 aliphatic carbocycles. The van der Waals surface area contributed by atoms with Crippen molar-refractivity contribution >= 4 is 29.6 Å². The molecule has 0 radical (unpaired) electrons. The third kappa shape index (κ3) is 3.80. The number of urea groups is 1. The molecule has 1 saturated heterocycles. The van der Waals surface area contributed by atoms with E-state index in [-0.39, 0.29) is 12.2 Å². The van der Waals surface area contributed by atoms with Crippen molar-refractivity contribution in [2.45, 2.75) is 13.8 Å². The standard InChI is InChI=1S/C20H19N3O3/c1-13-7-9-16(10-8-13)21-18(24)12-23-19(25)17(22-20(23)26)11-15-6-4-3-5-14(15)2/h3-11H,12H2,1-2H3,(H,21,24)(H,22,26)/b17-11+. The minimum atomic E-state index is -0.603. The van der Waals surface area contributed by atoms with Crippen molar-refractivity contribution in [3.63, 3.8) is 0 Å². The lowest BCUT2D eigenvalue weighted by Gasteiger charge is -2.12. The van der Waals surface area contributed by atoms with Crippen LogP contribution in [0, 0.1) is 13.8 Å². The van der Waals surface area contributed by atoms with E-state index in [1.54, 1.807) is 18.2 Å². The van der Waals surface area contributed by atoms with Gasteiger partial charge in [-0.25, -0.2) is 9.69 Å². The summed E-state index contributed by atoms with van der Waals surface area (Å²) in [4.78, 5) is 37.6. The zero-order valence-electron chi connectivity index (χ0n) is 14.6. The Labute approximate surface area is 151 Å². The highest BCUT2D eigenvalue weighted by molar-refractivity contribution is 6.16. The molecule has 2 aromatic rings. The van der Waals surface area contributed by atoms with Crippen molar-refractivity contribution in [1.82, 2.24) is 10.2 Å². The number of imide groups is 1. The van der Waals surface area contributed by atoms with E-state index in [9.17, 15) is 14.4 Å². The first-order valence-corrected chi connectivity index (χ1v) is 8.21. The van der Waals surface area contributed by atoms with E-state index in [0.29, 0.717) is 5.69 Å². The Hall–Kier alpha value is -3.41. The van der Waals surface area contributed by atoms with Crippen LogP contribution in [0.1, 0.15) is 16.7 Å². The lowest BCUT2D eigenvalue weighted by atomic mass is 10.1. The largest absolute Gasteiger partial charge is 0.329 e. The zero-order valence-corrected chi connectivity index (χ0v) is 14.6. The Morgan fingerprint density at radius 3 is 2.46 bits per heavy atom. The molecular weight excluding hydrogens is 330 g/mol. The van der Waals surface area contributed by atoms with Crippen LogP contribution in [0.5, 0.6) is 0 Å². The van der Waals surface area contributed by atoms with E-state index < -0.39 is 17.8 Å². The number of nitrogens with one attached hydrogen (secondary N) is 2. The van der Waals surface area contributed by atoms with Crippen LogP contribution in [-0.4, -0.2) is 29.3 Å². The molecule has 3 rings (SSSR count). The van der Waals surface area contributed by atoms with Gasteiger partial charge in [0.25, 0.3) is 5.91 Å². The summed E-state index contributed by atoms with van der Waals surface area (Å²) in [5.41, 5.74) is 3.67. The summed E-state index contributed by atoms with van der Waals surface area (Å²) >= 11 is 0. The first kappa shape index (κ1) is 17.4.